The quantitative estimate of drug-likeness (QED) is 0.836. The molecule has 0 spiro atoms. The van der Waals surface area contributed by atoms with Gasteiger partial charge in [0, 0.05) is 19.7 Å². The number of benzene rings is 1. The second-order valence-corrected chi connectivity index (χ2v) is 4.25. The van der Waals surface area contributed by atoms with Gasteiger partial charge in [0.2, 0.25) is 5.91 Å². The third-order valence-electron chi connectivity index (χ3n) is 2.78. The first-order valence-corrected chi connectivity index (χ1v) is 6.24. The summed E-state index contributed by atoms with van der Waals surface area (Å²) in [5.74, 6) is -0.249. The van der Waals surface area contributed by atoms with Crippen LogP contribution in [0.15, 0.2) is 47.4 Å². The van der Waals surface area contributed by atoms with Crippen LogP contribution in [0.5, 0.6) is 0 Å². The Kier molecular flexibility index (Phi) is 4.49. The molecule has 0 aliphatic heterocycles. The summed E-state index contributed by atoms with van der Waals surface area (Å²) >= 11 is 0. The molecule has 0 unspecified atom stereocenters. The summed E-state index contributed by atoms with van der Waals surface area (Å²) in [7, 11) is 1.70. The summed E-state index contributed by atoms with van der Waals surface area (Å²) in [4.78, 5) is 23.5. The highest BCUT2D eigenvalue weighted by molar-refractivity contribution is 5.75. The number of hydrogen-bond acceptors (Lipinski definition) is 4. The van der Waals surface area contributed by atoms with E-state index < -0.39 is 0 Å². The molecule has 0 radical (unpaired) electrons. The SMILES string of the molecule is CNc1cnn(CC(=O)NCc2ccccc2)c(=O)c1. The molecule has 0 saturated carbocycles. The van der Waals surface area contributed by atoms with Gasteiger partial charge in [0.1, 0.15) is 6.54 Å². The Bertz CT molecular complexity index is 637. The van der Waals surface area contributed by atoms with E-state index in [4.69, 9.17) is 0 Å². The lowest BCUT2D eigenvalue weighted by atomic mass is 10.2. The summed E-state index contributed by atoms with van der Waals surface area (Å²) in [6.45, 7) is 0.346. The Morgan fingerprint density at radius 2 is 2.05 bits per heavy atom. The maximum atomic E-state index is 11.8. The van der Waals surface area contributed by atoms with E-state index in [0.29, 0.717) is 12.2 Å². The molecule has 0 bridgehead atoms. The summed E-state index contributed by atoms with van der Waals surface area (Å²) in [6.07, 6.45) is 1.51. The van der Waals surface area contributed by atoms with Crippen molar-refractivity contribution in [3.63, 3.8) is 0 Å². The fraction of sp³-hybridized carbons (Fsp3) is 0.214. The standard InChI is InChI=1S/C14H16N4O2/c1-15-12-7-14(20)18(17-9-12)10-13(19)16-8-11-5-3-2-4-6-11/h2-7,9,15H,8,10H2,1H3,(H,16,19). The first-order chi connectivity index (χ1) is 9.69. The monoisotopic (exact) mass is 272 g/mol. The number of nitrogens with one attached hydrogen (secondary N) is 2. The molecule has 6 nitrogen and oxygen atoms in total. The largest absolute Gasteiger partial charge is 0.387 e. The number of nitrogens with zero attached hydrogens (tertiary/aromatic N) is 2. The van der Waals surface area contributed by atoms with Gasteiger partial charge in [-0.05, 0) is 5.56 Å². The molecule has 2 rings (SSSR count). The Morgan fingerprint density at radius 1 is 1.30 bits per heavy atom. The number of amides is 1. The van der Waals surface area contributed by atoms with Crippen molar-refractivity contribution in [2.45, 2.75) is 13.1 Å². The molecule has 20 heavy (non-hydrogen) atoms. The van der Waals surface area contributed by atoms with Gasteiger partial charge in [0.15, 0.2) is 0 Å². The van der Waals surface area contributed by atoms with Gasteiger partial charge in [-0.1, -0.05) is 30.3 Å². The van der Waals surface area contributed by atoms with Gasteiger partial charge in [-0.15, -0.1) is 0 Å². The molecule has 6 heteroatoms. The zero-order valence-electron chi connectivity index (χ0n) is 11.2. The van der Waals surface area contributed by atoms with E-state index in [-0.39, 0.29) is 18.0 Å². The molecule has 2 aromatic rings. The van der Waals surface area contributed by atoms with Crippen LogP contribution >= 0.6 is 0 Å². The molecule has 104 valence electrons. The predicted molar refractivity (Wildman–Crippen MR) is 76.3 cm³/mol. The van der Waals surface area contributed by atoms with E-state index in [1.807, 2.05) is 30.3 Å². The van der Waals surface area contributed by atoms with Crippen LogP contribution in [0.1, 0.15) is 5.56 Å². The van der Waals surface area contributed by atoms with Crippen LogP contribution in [-0.4, -0.2) is 22.7 Å². The summed E-state index contributed by atoms with van der Waals surface area (Å²) in [5, 5.41) is 9.49. The molecule has 1 aromatic heterocycles. The highest BCUT2D eigenvalue weighted by atomic mass is 16.2. The van der Waals surface area contributed by atoms with E-state index in [1.165, 1.54) is 12.3 Å². The number of aromatic nitrogens is 2. The molecule has 0 aliphatic rings. The molecule has 0 aliphatic carbocycles. The topological polar surface area (TPSA) is 76.0 Å². The van der Waals surface area contributed by atoms with Gasteiger partial charge in [-0.25, -0.2) is 4.68 Å². The van der Waals surface area contributed by atoms with Crippen molar-refractivity contribution in [2.24, 2.45) is 0 Å². The number of anilines is 1. The molecule has 0 fully saturated rings. The minimum Gasteiger partial charge on any atom is -0.387 e. The van der Waals surface area contributed by atoms with Gasteiger partial charge in [0.05, 0.1) is 11.9 Å². The lowest BCUT2D eigenvalue weighted by Crippen LogP contribution is -2.33. The van der Waals surface area contributed by atoms with E-state index in [2.05, 4.69) is 15.7 Å². The Labute approximate surface area is 116 Å². The zero-order chi connectivity index (χ0) is 14.4. The summed E-state index contributed by atoms with van der Waals surface area (Å²) in [6, 6.07) is 11.0. The fourth-order valence-electron chi connectivity index (χ4n) is 1.68. The second kappa shape index (κ2) is 6.51. The maximum absolute atomic E-state index is 11.8. The van der Waals surface area contributed by atoms with Gasteiger partial charge in [-0.2, -0.15) is 5.10 Å². The van der Waals surface area contributed by atoms with Crippen molar-refractivity contribution in [3.8, 4) is 0 Å². The molecule has 1 aromatic carbocycles. The Balaban J connectivity index is 1.93. The summed E-state index contributed by atoms with van der Waals surface area (Å²) in [5.41, 5.74) is 1.31. The van der Waals surface area contributed by atoms with E-state index in [9.17, 15) is 9.59 Å². The van der Waals surface area contributed by atoms with Crippen LogP contribution in [0.2, 0.25) is 0 Å². The molecule has 0 atom stereocenters. The van der Waals surface area contributed by atoms with Crippen LogP contribution in [0.25, 0.3) is 0 Å². The maximum Gasteiger partial charge on any atom is 0.269 e. The molecule has 0 saturated heterocycles. The lowest BCUT2D eigenvalue weighted by Gasteiger charge is -2.07. The molecular weight excluding hydrogens is 256 g/mol. The van der Waals surface area contributed by atoms with Crippen LogP contribution in [0.4, 0.5) is 5.69 Å². The third-order valence-corrected chi connectivity index (χ3v) is 2.78. The van der Waals surface area contributed by atoms with Crippen molar-refractivity contribution in [1.82, 2.24) is 15.1 Å². The van der Waals surface area contributed by atoms with Crippen molar-refractivity contribution in [1.29, 1.82) is 0 Å². The number of carbonyl (C=O) groups excluding carboxylic acids is 1. The number of hydrogen-bond donors (Lipinski definition) is 2. The van der Waals surface area contributed by atoms with E-state index in [1.54, 1.807) is 7.05 Å². The van der Waals surface area contributed by atoms with Gasteiger partial charge < -0.3 is 10.6 Å². The Hall–Kier alpha value is -2.63. The second-order valence-electron chi connectivity index (χ2n) is 4.25. The van der Waals surface area contributed by atoms with Crippen molar-refractivity contribution < 1.29 is 4.79 Å². The van der Waals surface area contributed by atoms with Crippen LogP contribution in [-0.2, 0) is 17.9 Å². The lowest BCUT2D eigenvalue weighted by molar-refractivity contribution is -0.122. The van der Waals surface area contributed by atoms with E-state index in [0.717, 1.165) is 10.2 Å². The van der Waals surface area contributed by atoms with Crippen molar-refractivity contribution in [2.75, 3.05) is 12.4 Å². The predicted octanol–water partition coefficient (Wildman–Crippen LogP) is 0.601. The third kappa shape index (κ3) is 3.68. The molecular formula is C14H16N4O2. The van der Waals surface area contributed by atoms with E-state index >= 15 is 0 Å². The fourth-order valence-corrected chi connectivity index (χ4v) is 1.68. The molecule has 1 heterocycles. The first kappa shape index (κ1) is 13.8. The molecule has 2 N–H and O–H groups in total. The Morgan fingerprint density at radius 3 is 2.70 bits per heavy atom. The number of carbonyl (C=O) groups is 1. The summed E-state index contributed by atoms with van der Waals surface area (Å²) < 4.78 is 1.13. The minimum absolute atomic E-state index is 0.0876. The van der Waals surface area contributed by atoms with Gasteiger partial charge >= 0.3 is 0 Å². The first-order valence-electron chi connectivity index (χ1n) is 6.24. The van der Waals surface area contributed by atoms with Crippen LogP contribution in [0, 0.1) is 0 Å². The molecule has 1 amide bonds. The van der Waals surface area contributed by atoms with Gasteiger partial charge in [0.25, 0.3) is 5.56 Å². The van der Waals surface area contributed by atoms with Crippen molar-refractivity contribution >= 4 is 11.6 Å². The smallest absolute Gasteiger partial charge is 0.269 e. The normalized spacial score (nSPS) is 10.1. The number of rotatable bonds is 5. The van der Waals surface area contributed by atoms with Crippen molar-refractivity contribution in [3.05, 3.63) is 58.5 Å². The minimum atomic E-state index is -0.313. The van der Waals surface area contributed by atoms with Gasteiger partial charge in [-0.3, -0.25) is 9.59 Å². The average molecular weight is 272 g/mol. The average Bonchev–Trinajstić information content (AvgIpc) is 2.48. The van der Waals surface area contributed by atoms with Crippen LogP contribution < -0.4 is 16.2 Å². The highest BCUT2D eigenvalue weighted by Crippen LogP contribution is 1.98. The van der Waals surface area contributed by atoms with Crippen LogP contribution in [0.3, 0.4) is 0 Å². The zero-order valence-corrected chi connectivity index (χ0v) is 11.2. The highest BCUT2D eigenvalue weighted by Gasteiger charge is 2.05.